The molecule has 1 aromatic carbocycles. The predicted octanol–water partition coefficient (Wildman–Crippen LogP) is 0.0722. The van der Waals surface area contributed by atoms with E-state index in [0.717, 1.165) is 16.8 Å². The zero-order valence-corrected chi connectivity index (χ0v) is 23.1. The Morgan fingerprint density at radius 3 is 2.50 bits per heavy atom. The van der Waals surface area contributed by atoms with Crippen LogP contribution in [0.25, 0.3) is 16.9 Å². The van der Waals surface area contributed by atoms with Crippen molar-refractivity contribution in [3.63, 3.8) is 0 Å². The Kier molecular flexibility index (Phi) is 8.06. The van der Waals surface area contributed by atoms with Crippen LogP contribution in [0.1, 0.15) is 18.4 Å². The summed E-state index contributed by atoms with van der Waals surface area (Å²) in [6.45, 7) is 1.65. The second-order valence-corrected chi connectivity index (χ2v) is 12.8. The third kappa shape index (κ3) is 6.83. The van der Waals surface area contributed by atoms with E-state index >= 15 is 0 Å². The standard InChI is InChI=1S/C21H28B3Cl2N7O2S/c1-36(34,35)32-6-4-15(5-7-32)30-20-27-11-17(26)19(31-20)14-10-29-33(12-14)18-3-2-13(8-16(18)25)9-28-21(22,23)24/h2-3,8,10-12,15,28H,4-7,9,22-24H2,1H3,(H,27,30,31). The summed E-state index contributed by atoms with van der Waals surface area (Å²) in [4.78, 5) is 8.92. The third-order valence-electron chi connectivity index (χ3n) is 5.94. The van der Waals surface area contributed by atoms with Crippen LogP contribution in [0.2, 0.25) is 10.0 Å². The van der Waals surface area contributed by atoms with Crippen molar-refractivity contribution >= 4 is 62.7 Å². The van der Waals surface area contributed by atoms with E-state index in [1.54, 1.807) is 17.1 Å². The van der Waals surface area contributed by atoms with E-state index in [9.17, 15) is 8.42 Å². The maximum absolute atomic E-state index is 11.7. The molecule has 3 heterocycles. The van der Waals surface area contributed by atoms with E-state index in [2.05, 4.69) is 49.2 Å². The van der Waals surface area contributed by atoms with Gasteiger partial charge in [-0.15, -0.1) is 0 Å². The van der Waals surface area contributed by atoms with Gasteiger partial charge in [-0.3, -0.25) is 0 Å². The molecule has 1 aliphatic rings. The molecule has 0 amide bonds. The SMILES string of the molecule is BC(B)(B)NCc1ccc(-n2cc(-c3nc(NC4CCN(S(C)(=O)=O)CC4)ncc3Cl)cn2)c(Cl)c1. The van der Waals surface area contributed by atoms with E-state index in [0.29, 0.717) is 54.2 Å². The largest absolute Gasteiger partial charge is 0.351 e. The van der Waals surface area contributed by atoms with Gasteiger partial charge in [-0.25, -0.2) is 27.4 Å². The summed E-state index contributed by atoms with van der Waals surface area (Å²) in [6.07, 6.45) is 7.66. The Balaban J connectivity index is 1.48. The molecule has 0 radical (unpaired) electrons. The topological polar surface area (TPSA) is 105 Å². The van der Waals surface area contributed by atoms with Crippen LogP contribution in [0.3, 0.4) is 0 Å². The number of nitrogens with one attached hydrogen (secondary N) is 2. The minimum absolute atomic E-state index is 0.0139. The van der Waals surface area contributed by atoms with Crippen molar-refractivity contribution in [2.75, 3.05) is 24.7 Å². The summed E-state index contributed by atoms with van der Waals surface area (Å²) in [7, 11) is 3.19. The maximum atomic E-state index is 11.7. The lowest BCUT2D eigenvalue weighted by Gasteiger charge is -2.30. The summed E-state index contributed by atoms with van der Waals surface area (Å²) in [5.41, 5.74) is 3.12. The molecule has 0 atom stereocenters. The van der Waals surface area contributed by atoms with Crippen molar-refractivity contribution in [1.29, 1.82) is 0 Å². The smallest absolute Gasteiger partial charge is 0.223 e. The number of halogens is 2. The van der Waals surface area contributed by atoms with Crippen molar-refractivity contribution in [2.24, 2.45) is 0 Å². The Morgan fingerprint density at radius 2 is 1.86 bits per heavy atom. The first-order valence-corrected chi connectivity index (χ1v) is 14.3. The van der Waals surface area contributed by atoms with Crippen LogP contribution in [0.4, 0.5) is 5.95 Å². The number of hydrogen-bond acceptors (Lipinski definition) is 7. The highest BCUT2D eigenvalue weighted by Crippen LogP contribution is 2.29. The average molecular weight is 546 g/mol. The highest BCUT2D eigenvalue weighted by atomic mass is 35.5. The van der Waals surface area contributed by atoms with Crippen LogP contribution >= 0.6 is 23.2 Å². The van der Waals surface area contributed by atoms with Crippen LogP contribution in [0, 0.1) is 0 Å². The van der Waals surface area contributed by atoms with Crippen molar-refractivity contribution in [3.05, 3.63) is 52.4 Å². The molecule has 9 nitrogen and oxygen atoms in total. The van der Waals surface area contributed by atoms with Crippen LogP contribution in [0.15, 0.2) is 36.8 Å². The molecule has 0 saturated carbocycles. The Bertz CT molecular complexity index is 1340. The summed E-state index contributed by atoms with van der Waals surface area (Å²) in [5, 5.41) is 12.2. The number of hydrogen-bond donors (Lipinski definition) is 2. The van der Waals surface area contributed by atoms with E-state index in [1.807, 2.05) is 24.4 Å². The normalized spacial score (nSPS) is 15.8. The molecular formula is C21H28B3Cl2N7O2S. The van der Waals surface area contributed by atoms with Crippen molar-refractivity contribution in [2.45, 2.75) is 30.7 Å². The minimum Gasteiger partial charge on any atom is -0.351 e. The van der Waals surface area contributed by atoms with Crippen molar-refractivity contribution in [1.82, 2.24) is 29.4 Å². The van der Waals surface area contributed by atoms with Gasteiger partial charge in [0.1, 0.15) is 23.5 Å². The molecule has 3 aromatic rings. The third-order valence-corrected chi connectivity index (χ3v) is 7.82. The van der Waals surface area contributed by atoms with E-state index < -0.39 is 10.0 Å². The van der Waals surface area contributed by atoms with E-state index in [4.69, 9.17) is 23.2 Å². The van der Waals surface area contributed by atoms with Crippen LogP contribution in [-0.2, 0) is 16.6 Å². The molecule has 1 saturated heterocycles. The zero-order valence-electron chi connectivity index (χ0n) is 20.8. The molecule has 0 bridgehead atoms. The second-order valence-electron chi connectivity index (χ2n) is 10.0. The summed E-state index contributed by atoms with van der Waals surface area (Å²) < 4.78 is 26.7. The molecule has 1 fully saturated rings. The van der Waals surface area contributed by atoms with Gasteiger partial charge in [-0.1, -0.05) is 34.5 Å². The highest BCUT2D eigenvalue weighted by molar-refractivity contribution is 7.88. The highest BCUT2D eigenvalue weighted by Gasteiger charge is 2.25. The quantitative estimate of drug-likeness (QED) is 0.386. The first-order chi connectivity index (χ1) is 16.9. The zero-order chi connectivity index (χ0) is 26.1. The lowest BCUT2D eigenvalue weighted by Crippen LogP contribution is -2.46. The van der Waals surface area contributed by atoms with Gasteiger partial charge in [-0.2, -0.15) is 5.10 Å². The second kappa shape index (κ2) is 10.7. The van der Waals surface area contributed by atoms with Crippen LogP contribution < -0.4 is 10.6 Å². The first-order valence-electron chi connectivity index (χ1n) is 11.7. The van der Waals surface area contributed by atoms with Gasteiger partial charge < -0.3 is 10.6 Å². The van der Waals surface area contributed by atoms with Gasteiger partial charge >= 0.3 is 0 Å². The van der Waals surface area contributed by atoms with Gasteiger partial charge in [0.2, 0.25) is 16.0 Å². The number of anilines is 1. The van der Waals surface area contributed by atoms with Crippen LogP contribution in [0.5, 0.6) is 0 Å². The summed E-state index contributed by atoms with van der Waals surface area (Å²) in [5.74, 6) is 0.439. The Morgan fingerprint density at radius 1 is 1.14 bits per heavy atom. The van der Waals surface area contributed by atoms with Gasteiger partial charge in [0.25, 0.3) is 0 Å². The number of rotatable bonds is 8. The molecule has 2 N–H and O–H groups in total. The monoisotopic (exact) mass is 545 g/mol. The van der Waals surface area contributed by atoms with E-state index in [1.165, 1.54) is 10.6 Å². The summed E-state index contributed by atoms with van der Waals surface area (Å²) >= 11 is 13.0. The molecule has 15 heteroatoms. The van der Waals surface area contributed by atoms with Crippen LogP contribution in [-0.4, -0.2) is 86.6 Å². The number of piperidine rings is 1. The average Bonchev–Trinajstić information content (AvgIpc) is 3.28. The summed E-state index contributed by atoms with van der Waals surface area (Å²) in [6, 6.07) is 5.97. The fraction of sp³-hybridized carbons (Fsp3) is 0.381. The Hall–Kier alpha value is -2.05. The molecule has 2 aromatic heterocycles. The van der Waals surface area contributed by atoms with E-state index in [-0.39, 0.29) is 11.3 Å². The van der Waals surface area contributed by atoms with Crippen molar-refractivity contribution < 1.29 is 8.42 Å². The molecule has 0 spiro atoms. The fourth-order valence-electron chi connectivity index (χ4n) is 3.94. The molecule has 0 aliphatic carbocycles. The molecule has 4 rings (SSSR count). The lowest BCUT2D eigenvalue weighted by molar-refractivity contribution is 0.331. The van der Waals surface area contributed by atoms with Gasteiger partial charge in [-0.05, 0) is 30.5 Å². The van der Waals surface area contributed by atoms with Gasteiger partial charge in [0.05, 0.1) is 40.1 Å². The lowest BCUT2D eigenvalue weighted by atomic mass is 9.49. The molecule has 188 valence electrons. The minimum atomic E-state index is -3.17. The number of sulfonamides is 1. The van der Waals surface area contributed by atoms with Crippen molar-refractivity contribution in [3.8, 4) is 16.9 Å². The van der Waals surface area contributed by atoms with Gasteiger partial charge in [0, 0.05) is 37.4 Å². The van der Waals surface area contributed by atoms with Gasteiger partial charge in [0.15, 0.2) is 0 Å². The molecule has 1 aliphatic heterocycles. The number of aromatic nitrogens is 4. The fourth-order valence-corrected chi connectivity index (χ4v) is 5.31. The molecular weight excluding hydrogens is 518 g/mol. The first kappa shape index (κ1) is 27.0. The predicted molar refractivity (Wildman–Crippen MR) is 153 cm³/mol. The molecule has 0 unspecified atom stereocenters. The maximum Gasteiger partial charge on any atom is 0.223 e. The Labute approximate surface area is 224 Å². The number of nitrogens with zero attached hydrogens (tertiary/aromatic N) is 5. The number of benzene rings is 1. The molecule has 36 heavy (non-hydrogen) atoms.